The predicted molar refractivity (Wildman–Crippen MR) is 133 cm³/mol. The molecule has 0 bridgehead atoms. The van der Waals surface area contributed by atoms with Gasteiger partial charge < -0.3 is 5.32 Å². The molecule has 0 saturated heterocycles. The minimum atomic E-state index is -0.674. The zero-order valence-electron chi connectivity index (χ0n) is 19.5. The molecule has 0 aliphatic heterocycles. The van der Waals surface area contributed by atoms with Gasteiger partial charge in [0.1, 0.15) is 16.9 Å². The van der Waals surface area contributed by atoms with E-state index in [2.05, 4.69) is 15.5 Å². The summed E-state index contributed by atoms with van der Waals surface area (Å²) in [6.45, 7) is 1.99. The molecule has 180 valence electrons. The fourth-order valence-electron chi connectivity index (χ4n) is 3.44. The molecule has 0 radical (unpaired) electrons. The van der Waals surface area contributed by atoms with Crippen LogP contribution in [0, 0.1) is 11.6 Å². The number of thioether (sulfide) groups is 1. The van der Waals surface area contributed by atoms with Gasteiger partial charge in [-0.1, -0.05) is 42.1 Å². The van der Waals surface area contributed by atoms with Gasteiger partial charge in [-0.15, -0.1) is 10.2 Å². The van der Waals surface area contributed by atoms with E-state index in [9.17, 15) is 13.6 Å². The molecule has 1 amide bonds. The Morgan fingerprint density at radius 1 is 0.914 bits per heavy atom. The van der Waals surface area contributed by atoms with Crippen molar-refractivity contribution in [3.63, 3.8) is 0 Å². The van der Waals surface area contributed by atoms with Crippen LogP contribution in [0.25, 0.3) is 5.69 Å². The van der Waals surface area contributed by atoms with Crippen molar-refractivity contribution in [2.75, 3.05) is 19.4 Å². The zero-order valence-corrected chi connectivity index (χ0v) is 20.3. The summed E-state index contributed by atoms with van der Waals surface area (Å²) < 4.78 is 28.8. The van der Waals surface area contributed by atoms with Gasteiger partial charge in [0.2, 0.25) is 5.91 Å². The first-order valence-electron chi connectivity index (χ1n) is 11.0. The summed E-state index contributed by atoms with van der Waals surface area (Å²) in [6.07, 6.45) is 0. The van der Waals surface area contributed by atoms with Crippen LogP contribution in [0.3, 0.4) is 0 Å². The smallest absolute Gasteiger partial charge is 0.242 e. The van der Waals surface area contributed by atoms with Crippen molar-refractivity contribution >= 4 is 23.4 Å². The lowest BCUT2D eigenvalue weighted by atomic mass is 10.1. The zero-order chi connectivity index (χ0) is 24.9. The second kappa shape index (κ2) is 10.8. The highest BCUT2D eigenvalue weighted by atomic mass is 32.2. The number of halogens is 2. The number of rotatable bonds is 8. The van der Waals surface area contributed by atoms with Gasteiger partial charge in [-0.2, -0.15) is 0 Å². The van der Waals surface area contributed by atoms with Crippen LogP contribution >= 0.6 is 11.8 Å². The van der Waals surface area contributed by atoms with Gasteiger partial charge in [-0.3, -0.25) is 14.3 Å². The molecule has 6 nitrogen and oxygen atoms in total. The number of nitrogens with zero attached hydrogens (tertiary/aromatic N) is 4. The Hall–Kier alpha value is -3.56. The molecule has 0 unspecified atom stereocenters. The Kier molecular flexibility index (Phi) is 7.57. The number of benzene rings is 3. The van der Waals surface area contributed by atoms with Gasteiger partial charge in [-0.25, -0.2) is 8.78 Å². The first-order valence-corrected chi connectivity index (χ1v) is 11.9. The minimum absolute atomic E-state index is 0.0925. The molecule has 1 aromatic heterocycles. The molecule has 9 heteroatoms. The molecule has 35 heavy (non-hydrogen) atoms. The normalized spacial score (nSPS) is 13.0. The van der Waals surface area contributed by atoms with Crippen LogP contribution in [0.1, 0.15) is 29.6 Å². The number of hydrogen-bond acceptors (Lipinski definition) is 5. The van der Waals surface area contributed by atoms with Crippen LogP contribution < -0.4 is 5.32 Å². The van der Waals surface area contributed by atoms with E-state index in [1.807, 2.05) is 60.8 Å². The van der Waals surface area contributed by atoms with Crippen molar-refractivity contribution in [1.29, 1.82) is 0 Å². The van der Waals surface area contributed by atoms with Crippen LogP contribution in [0.2, 0.25) is 0 Å². The van der Waals surface area contributed by atoms with Crippen molar-refractivity contribution < 1.29 is 13.6 Å². The van der Waals surface area contributed by atoms with Gasteiger partial charge in [-0.05, 0) is 75.1 Å². The van der Waals surface area contributed by atoms with Gasteiger partial charge >= 0.3 is 0 Å². The molecule has 3 aromatic carbocycles. The van der Waals surface area contributed by atoms with E-state index < -0.39 is 5.25 Å². The molecule has 4 rings (SSSR count). The molecule has 0 aliphatic rings. The predicted octanol–water partition coefficient (Wildman–Crippen LogP) is 5.64. The molecule has 1 heterocycles. The summed E-state index contributed by atoms with van der Waals surface area (Å²) in [6, 6.07) is 20.9. The lowest BCUT2D eigenvalue weighted by Crippen LogP contribution is -2.21. The molecule has 0 saturated carbocycles. The second-order valence-corrected chi connectivity index (χ2v) is 9.27. The number of nitrogens with one attached hydrogen (secondary N) is 1. The molecule has 1 N–H and O–H groups in total. The number of aromatic nitrogens is 3. The quantitative estimate of drug-likeness (QED) is 0.322. The lowest BCUT2D eigenvalue weighted by molar-refractivity contribution is -0.115. The van der Waals surface area contributed by atoms with Crippen LogP contribution in [-0.2, 0) is 4.79 Å². The van der Waals surface area contributed by atoms with Crippen molar-refractivity contribution in [2.45, 2.75) is 23.4 Å². The average molecular weight is 494 g/mol. The topological polar surface area (TPSA) is 63.1 Å². The minimum Gasteiger partial charge on any atom is -0.325 e. The molecular formula is C26H25F2N5OS. The van der Waals surface area contributed by atoms with E-state index in [-0.39, 0.29) is 23.6 Å². The molecular weight excluding hydrogens is 468 g/mol. The summed E-state index contributed by atoms with van der Waals surface area (Å²) in [5.41, 5.74) is 1.95. The number of carbonyl (C=O) groups excluding carboxylic acids is 1. The Bertz CT molecular complexity index is 1280. The largest absolute Gasteiger partial charge is 0.325 e. The van der Waals surface area contributed by atoms with Crippen molar-refractivity contribution in [3.8, 4) is 5.69 Å². The molecule has 0 aliphatic carbocycles. The Morgan fingerprint density at radius 2 is 1.51 bits per heavy atom. The maximum Gasteiger partial charge on any atom is 0.242 e. The number of anilines is 1. The van der Waals surface area contributed by atoms with Crippen molar-refractivity contribution in [1.82, 2.24) is 19.7 Å². The van der Waals surface area contributed by atoms with Crippen molar-refractivity contribution in [2.24, 2.45) is 0 Å². The van der Waals surface area contributed by atoms with Crippen LogP contribution in [-0.4, -0.2) is 39.7 Å². The Morgan fingerprint density at radius 3 is 2.11 bits per heavy atom. The fraction of sp³-hybridized carbons (Fsp3) is 0.192. The number of amides is 1. The monoisotopic (exact) mass is 493 g/mol. The third-order valence-electron chi connectivity index (χ3n) is 5.57. The van der Waals surface area contributed by atoms with Gasteiger partial charge in [0.25, 0.3) is 0 Å². The van der Waals surface area contributed by atoms with E-state index in [4.69, 9.17) is 0 Å². The molecule has 0 spiro atoms. The summed E-state index contributed by atoms with van der Waals surface area (Å²) >= 11 is 1.24. The first kappa shape index (κ1) is 24.6. The third-order valence-corrected chi connectivity index (χ3v) is 6.76. The number of carbonyl (C=O) groups is 1. The van der Waals surface area contributed by atoms with E-state index in [0.29, 0.717) is 22.4 Å². The SMILES string of the molecule is C[C@H](c1nnc(S[C@@H](C(=O)Nc2ccc(F)cc2)c2ccccc2)n1-c1ccc(F)cc1)N(C)C. The van der Waals surface area contributed by atoms with E-state index in [1.165, 1.54) is 48.2 Å². The average Bonchev–Trinajstić information content (AvgIpc) is 3.27. The van der Waals surface area contributed by atoms with Crippen molar-refractivity contribution in [3.05, 3.63) is 102 Å². The molecule has 0 fully saturated rings. The maximum atomic E-state index is 13.7. The molecule has 2 atom stereocenters. The van der Waals surface area contributed by atoms with Crippen LogP contribution in [0.4, 0.5) is 14.5 Å². The molecule has 4 aromatic rings. The third kappa shape index (κ3) is 5.75. The summed E-state index contributed by atoms with van der Waals surface area (Å²) in [7, 11) is 3.87. The highest BCUT2D eigenvalue weighted by Gasteiger charge is 2.28. The fourth-order valence-corrected chi connectivity index (χ4v) is 4.50. The Labute approximate surface area is 207 Å². The van der Waals surface area contributed by atoms with Gasteiger partial charge in [0.05, 0.1) is 6.04 Å². The Balaban J connectivity index is 1.74. The van der Waals surface area contributed by atoms with Gasteiger partial charge in [0, 0.05) is 11.4 Å². The summed E-state index contributed by atoms with van der Waals surface area (Å²) in [5, 5.41) is 11.5. The van der Waals surface area contributed by atoms with E-state index >= 15 is 0 Å². The highest BCUT2D eigenvalue weighted by Crippen LogP contribution is 2.37. The second-order valence-electron chi connectivity index (χ2n) is 8.20. The van der Waals surface area contributed by atoms with Gasteiger partial charge in [0.15, 0.2) is 11.0 Å². The summed E-state index contributed by atoms with van der Waals surface area (Å²) in [4.78, 5) is 15.4. The van der Waals surface area contributed by atoms with Crippen LogP contribution in [0.5, 0.6) is 0 Å². The van der Waals surface area contributed by atoms with E-state index in [0.717, 1.165) is 5.56 Å². The number of hydrogen-bond donors (Lipinski definition) is 1. The van der Waals surface area contributed by atoms with Crippen LogP contribution in [0.15, 0.2) is 84.0 Å². The maximum absolute atomic E-state index is 13.7. The highest BCUT2D eigenvalue weighted by molar-refractivity contribution is 8.00. The standard InChI is InChI=1S/C26H25F2N5OS/c1-17(32(2)3)24-30-31-26(33(24)22-15-11-20(28)12-16-22)35-23(18-7-5-4-6-8-18)25(34)29-21-13-9-19(27)10-14-21/h4-17,23H,1-3H3,(H,29,34)/t17-,23-/m1/s1. The lowest BCUT2D eigenvalue weighted by Gasteiger charge is -2.21. The summed E-state index contributed by atoms with van der Waals surface area (Å²) in [5.74, 6) is -0.357. The first-order chi connectivity index (χ1) is 16.8. The van der Waals surface area contributed by atoms with E-state index in [1.54, 1.807) is 12.1 Å².